The van der Waals surface area contributed by atoms with Crippen molar-refractivity contribution in [3.05, 3.63) is 17.5 Å². The molecule has 1 aliphatic carbocycles. The summed E-state index contributed by atoms with van der Waals surface area (Å²) in [5, 5.41) is 7.49. The zero-order valence-electron chi connectivity index (χ0n) is 16.9. The highest BCUT2D eigenvalue weighted by molar-refractivity contribution is 5.98. The first-order valence-electron chi connectivity index (χ1n) is 10.9. The number of hydrogen-bond acceptors (Lipinski definition) is 4. The van der Waals surface area contributed by atoms with Crippen molar-refractivity contribution >= 4 is 11.8 Å². The number of piperazine rings is 1. The maximum absolute atomic E-state index is 13.4. The minimum atomic E-state index is -0.352. The lowest BCUT2D eigenvalue weighted by Crippen LogP contribution is -2.57. The second-order valence-electron chi connectivity index (χ2n) is 8.48. The zero-order valence-corrected chi connectivity index (χ0v) is 16.9. The number of amides is 2. The van der Waals surface area contributed by atoms with Gasteiger partial charge in [0.2, 0.25) is 5.91 Å². The Hall–Kier alpha value is -1.89. The van der Waals surface area contributed by atoms with E-state index in [0.717, 1.165) is 38.2 Å². The molecule has 4 rings (SSSR count). The van der Waals surface area contributed by atoms with Crippen molar-refractivity contribution in [2.24, 2.45) is 5.92 Å². The van der Waals surface area contributed by atoms with Crippen LogP contribution in [0.5, 0.6) is 0 Å². The topological polar surface area (TPSA) is 76.5 Å². The first-order valence-corrected chi connectivity index (χ1v) is 10.9. The molecule has 154 valence electrons. The van der Waals surface area contributed by atoms with Gasteiger partial charge in [0.15, 0.2) is 0 Å². The molecule has 28 heavy (non-hydrogen) atoms. The third-order valence-electron chi connectivity index (χ3n) is 6.68. The molecule has 7 heteroatoms. The Morgan fingerprint density at radius 2 is 1.96 bits per heavy atom. The Bertz CT molecular complexity index is 705. The molecule has 1 atom stereocenters. The lowest BCUT2D eigenvalue weighted by Gasteiger charge is -2.37. The van der Waals surface area contributed by atoms with Crippen LogP contribution in [0.2, 0.25) is 0 Å². The highest BCUT2D eigenvalue weighted by Crippen LogP contribution is 2.30. The smallest absolute Gasteiger partial charge is 0.258 e. The van der Waals surface area contributed by atoms with Gasteiger partial charge in [-0.3, -0.25) is 14.3 Å². The Balaban J connectivity index is 1.51. The van der Waals surface area contributed by atoms with E-state index in [1.807, 2.05) is 11.6 Å². The molecule has 3 fully saturated rings. The zero-order chi connectivity index (χ0) is 19.5. The molecule has 7 nitrogen and oxygen atoms in total. The molecule has 3 heterocycles. The summed E-state index contributed by atoms with van der Waals surface area (Å²) in [6.45, 7) is 4.55. The van der Waals surface area contributed by atoms with Gasteiger partial charge in [-0.25, -0.2) is 0 Å². The molecule has 0 radical (unpaired) electrons. The van der Waals surface area contributed by atoms with Crippen molar-refractivity contribution < 1.29 is 14.3 Å². The molecular formula is C21H32N4O3. The fourth-order valence-corrected chi connectivity index (χ4v) is 5.02. The van der Waals surface area contributed by atoms with Crippen molar-refractivity contribution in [2.75, 3.05) is 26.3 Å². The maximum atomic E-state index is 13.4. The highest BCUT2D eigenvalue weighted by atomic mass is 16.5. The van der Waals surface area contributed by atoms with Gasteiger partial charge in [-0.05, 0) is 32.1 Å². The minimum absolute atomic E-state index is 0.000326. The maximum Gasteiger partial charge on any atom is 0.258 e. The van der Waals surface area contributed by atoms with Crippen LogP contribution in [0, 0.1) is 12.8 Å². The number of nitrogens with zero attached hydrogens (tertiary/aromatic N) is 3. The summed E-state index contributed by atoms with van der Waals surface area (Å²) in [5.74, 6) is 0.495. The van der Waals surface area contributed by atoms with Crippen LogP contribution >= 0.6 is 0 Å². The van der Waals surface area contributed by atoms with Crippen molar-refractivity contribution in [2.45, 2.75) is 70.4 Å². The van der Waals surface area contributed by atoms with Crippen molar-refractivity contribution in [1.82, 2.24) is 20.0 Å². The molecule has 2 amide bonds. The summed E-state index contributed by atoms with van der Waals surface area (Å²) in [5.41, 5.74) is 1.54. The average Bonchev–Trinajstić information content (AvgIpc) is 3.12. The van der Waals surface area contributed by atoms with Gasteiger partial charge < -0.3 is 15.0 Å². The van der Waals surface area contributed by atoms with Gasteiger partial charge in [-0.2, -0.15) is 5.10 Å². The molecule has 3 aliphatic rings. The summed E-state index contributed by atoms with van der Waals surface area (Å²) in [4.78, 5) is 27.8. The number of nitrogens with one attached hydrogen (secondary N) is 1. The van der Waals surface area contributed by atoms with Crippen LogP contribution in [0.25, 0.3) is 0 Å². The quantitative estimate of drug-likeness (QED) is 0.860. The van der Waals surface area contributed by atoms with Crippen molar-refractivity contribution in [3.63, 3.8) is 0 Å². The van der Waals surface area contributed by atoms with Gasteiger partial charge in [-0.15, -0.1) is 0 Å². The minimum Gasteiger partial charge on any atom is -0.381 e. The standard InChI is InChI=1S/C21H32N4O3/c1-15-18(14-23-25(15)17-7-11-28-12-8-17)21(27)24-10-9-22-20(26)19(24)13-16-5-3-2-4-6-16/h14,16-17,19H,2-13H2,1H3,(H,22,26)/t19-/m0/s1. The third kappa shape index (κ3) is 3.95. The Morgan fingerprint density at radius 3 is 2.71 bits per heavy atom. The van der Waals surface area contributed by atoms with Crippen LogP contribution in [-0.4, -0.2) is 58.8 Å². The van der Waals surface area contributed by atoms with Crippen LogP contribution in [0.3, 0.4) is 0 Å². The van der Waals surface area contributed by atoms with E-state index < -0.39 is 0 Å². The molecule has 1 aromatic rings. The number of rotatable bonds is 4. The highest BCUT2D eigenvalue weighted by Gasteiger charge is 2.36. The van der Waals surface area contributed by atoms with Gasteiger partial charge >= 0.3 is 0 Å². The van der Waals surface area contributed by atoms with E-state index in [4.69, 9.17) is 4.74 Å². The number of ether oxygens (including phenoxy) is 1. The molecule has 0 spiro atoms. The molecule has 1 N–H and O–H groups in total. The SMILES string of the molecule is Cc1c(C(=O)N2CCNC(=O)[C@@H]2CC2CCCCC2)cnn1C1CCOCC1. The van der Waals surface area contributed by atoms with Crippen LogP contribution in [0.15, 0.2) is 6.20 Å². The van der Waals surface area contributed by atoms with E-state index in [1.165, 1.54) is 32.1 Å². The van der Waals surface area contributed by atoms with E-state index in [9.17, 15) is 9.59 Å². The molecule has 0 aromatic carbocycles. The molecule has 1 saturated carbocycles. The summed E-state index contributed by atoms with van der Waals surface area (Å²) in [7, 11) is 0. The van der Waals surface area contributed by atoms with Crippen molar-refractivity contribution in [3.8, 4) is 0 Å². The van der Waals surface area contributed by atoms with E-state index >= 15 is 0 Å². The first kappa shape index (κ1) is 19.4. The average molecular weight is 389 g/mol. The summed E-state index contributed by atoms with van der Waals surface area (Å²) in [6, 6.07) is -0.0619. The van der Waals surface area contributed by atoms with E-state index in [-0.39, 0.29) is 23.9 Å². The fourth-order valence-electron chi connectivity index (χ4n) is 5.02. The lowest BCUT2D eigenvalue weighted by molar-refractivity contribution is -0.128. The normalized spacial score (nSPS) is 25.0. The Morgan fingerprint density at radius 1 is 1.21 bits per heavy atom. The molecule has 2 aliphatic heterocycles. The monoisotopic (exact) mass is 388 g/mol. The van der Waals surface area contributed by atoms with E-state index in [1.54, 1.807) is 11.1 Å². The largest absolute Gasteiger partial charge is 0.381 e. The molecule has 2 saturated heterocycles. The molecule has 1 aromatic heterocycles. The molecule has 0 unspecified atom stereocenters. The molecule has 0 bridgehead atoms. The summed E-state index contributed by atoms with van der Waals surface area (Å²) < 4.78 is 7.43. The second kappa shape index (κ2) is 8.64. The van der Waals surface area contributed by atoms with Gasteiger partial charge in [0.05, 0.1) is 17.8 Å². The lowest BCUT2D eigenvalue weighted by atomic mass is 9.84. The Kier molecular flexibility index (Phi) is 5.99. The Labute approximate surface area is 166 Å². The first-order chi connectivity index (χ1) is 13.6. The van der Waals surface area contributed by atoms with Crippen LogP contribution in [0.1, 0.15) is 73.5 Å². The summed E-state index contributed by atoms with van der Waals surface area (Å²) >= 11 is 0. The van der Waals surface area contributed by atoms with Gasteiger partial charge in [0.25, 0.3) is 5.91 Å². The van der Waals surface area contributed by atoms with Crippen LogP contribution < -0.4 is 5.32 Å². The summed E-state index contributed by atoms with van der Waals surface area (Å²) in [6.07, 6.45) is 10.4. The van der Waals surface area contributed by atoms with E-state index in [2.05, 4.69) is 10.4 Å². The second-order valence-corrected chi connectivity index (χ2v) is 8.48. The third-order valence-corrected chi connectivity index (χ3v) is 6.68. The van der Waals surface area contributed by atoms with Gasteiger partial charge in [0, 0.05) is 32.0 Å². The molecular weight excluding hydrogens is 356 g/mol. The number of carbonyl (C=O) groups excluding carboxylic acids is 2. The van der Waals surface area contributed by atoms with Gasteiger partial charge in [0.1, 0.15) is 6.04 Å². The van der Waals surface area contributed by atoms with Gasteiger partial charge in [-0.1, -0.05) is 32.1 Å². The number of carbonyl (C=O) groups is 2. The van der Waals surface area contributed by atoms with E-state index in [0.29, 0.717) is 24.6 Å². The number of aromatic nitrogens is 2. The van der Waals surface area contributed by atoms with Crippen molar-refractivity contribution in [1.29, 1.82) is 0 Å². The predicted molar refractivity (Wildman–Crippen MR) is 105 cm³/mol. The fraction of sp³-hybridized carbons (Fsp3) is 0.762. The van der Waals surface area contributed by atoms with Crippen LogP contribution in [0.4, 0.5) is 0 Å². The predicted octanol–water partition coefficient (Wildman–Crippen LogP) is 2.45. The van der Waals surface area contributed by atoms with Crippen LogP contribution in [-0.2, 0) is 9.53 Å². The number of hydrogen-bond donors (Lipinski definition) is 1.